The zero-order valence-corrected chi connectivity index (χ0v) is 16.9. The molecule has 2 aliphatic heterocycles. The average Bonchev–Trinajstić information content (AvgIpc) is 3.36. The Hall–Kier alpha value is -2.06. The summed E-state index contributed by atoms with van der Waals surface area (Å²) in [6.45, 7) is 4.73. The first-order valence-electron chi connectivity index (χ1n) is 9.36. The number of hydrogen-bond acceptors (Lipinski definition) is 5. The van der Waals surface area contributed by atoms with E-state index in [1.165, 1.54) is 5.56 Å². The third-order valence-electron chi connectivity index (χ3n) is 5.58. The highest BCUT2D eigenvalue weighted by molar-refractivity contribution is 7.89. The third-order valence-corrected chi connectivity index (χ3v) is 7.48. The maximum atomic E-state index is 12.9. The second kappa shape index (κ2) is 6.83. The van der Waals surface area contributed by atoms with E-state index in [0.29, 0.717) is 24.5 Å². The highest BCUT2D eigenvalue weighted by Crippen LogP contribution is 2.35. The van der Waals surface area contributed by atoms with Crippen LogP contribution >= 0.6 is 0 Å². The van der Waals surface area contributed by atoms with Gasteiger partial charge in [-0.25, -0.2) is 13.1 Å². The normalized spacial score (nSPS) is 17.5. The van der Waals surface area contributed by atoms with Gasteiger partial charge in [-0.05, 0) is 43.9 Å². The predicted octanol–water partition coefficient (Wildman–Crippen LogP) is 2.08. The fourth-order valence-corrected chi connectivity index (χ4v) is 5.67. The number of hydrogen-bond donors (Lipinski definition) is 0. The van der Waals surface area contributed by atoms with E-state index < -0.39 is 10.0 Å². The fraction of sp³-hybridized carbons (Fsp3) is 0.526. The summed E-state index contributed by atoms with van der Waals surface area (Å²) in [6.07, 6.45) is 2.80. The molecule has 27 heavy (non-hydrogen) atoms. The van der Waals surface area contributed by atoms with Crippen LogP contribution in [0.4, 0.5) is 5.69 Å². The van der Waals surface area contributed by atoms with Crippen molar-refractivity contribution in [2.24, 2.45) is 7.05 Å². The highest BCUT2D eigenvalue weighted by Gasteiger charge is 2.30. The molecule has 0 bridgehead atoms. The Labute approximate surface area is 160 Å². The Kier molecular flexibility index (Phi) is 4.63. The number of nitrogens with zero attached hydrogens (tertiary/aromatic N) is 4. The van der Waals surface area contributed by atoms with Gasteiger partial charge in [0.1, 0.15) is 0 Å². The second-order valence-electron chi connectivity index (χ2n) is 7.27. The van der Waals surface area contributed by atoms with Crippen LogP contribution in [-0.4, -0.2) is 49.2 Å². The van der Waals surface area contributed by atoms with Gasteiger partial charge in [0.05, 0.1) is 29.8 Å². The van der Waals surface area contributed by atoms with Crippen molar-refractivity contribution in [1.29, 1.82) is 0 Å². The van der Waals surface area contributed by atoms with E-state index in [1.54, 1.807) is 22.2 Å². The van der Waals surface area contributed by atoms with Crippen LogP contribution in [0.5, 0.6) is 5.88 Å². The molecule has 0 aliphatic carbocycles. The number of anilines is 1. The molecule has 2 aromatic rings. The van der Waals surface area contributed by atoms with Crippen molar-refractivity contribution >= 4 is 15.7 Å². The Bertz CT molecular complexity index is 962. The quantitative estimate of drug-likeness (QED) is 0.782. The molecule has 7 nitrogen and oxygen atoms in total. The molecular formula is C19H26N4O3S. The van der Waals surface area contributed by atoms with Gasteiger partial charge >= 0.3 is 0 Å². The monoisotopic (exact) mass is 390 g/mol. The van der Waals surface area contributed by atoms with Crippen molar-refractivity contribution in [2.75, 3.05) is 31.6 Å². The van der Waals surface area contributed by atoms with Gasteiger partial charge in [0.15, 0.2) is 0 Å². The lowest BCUT2D eigenvalue weighted by atomic mass is 10.1. The average molecular weight is 391 g/mol. The van der Waals surface area contributed by atoms with Crippen molar-refractivity contribution in [3.05, 3.63) is 35.0 Å². The summed E-state index contributed by atoms with van der Waals surface area (Å²) in [5.74, 6) is 0.752. The molecule has 0 atom stereocenters. The lowest BCUT2D eigenvalue weighted by molar-refractivity contribution is 0.369. The molecule has 3 heterocycles. The van der Waals surface area contributed by atoms with Gasteiger partial charge in [-0.1, -0.05) is 6.07 Å². The van der Waals surface area contributed by atoms with E-state index in [0.717, 1.165) is 48.6 Å². The first-order chi connectivity index (χ1) is 12.9. The van der Waals surface area contributed by atoms with Crippen LogP contribution in [0, 0.1) is 6.92 Å². The summed E-state index contributed by atoms with van der Waals surface area (Å²) in [6, 6.07) is 5.56. The van der Waals surface area contributed by atoms with Crippen LogP contribution in [-0.2, 0) is 30.0 Å². The van der Waals surface area contributed by atoms with Crippen LogP contribution < -0.4 is 9.64 Å². The number of fused-ring (bicyclic) bond motifs is 1. The topological polar surface area (TPSA) is 67.7 Å². The first kappa shape index (κ1) is 18.3. The van der Waals surface area contributed by atoms with Crippen molar-refractivity contribution in [2.45, 2.75) is 37.6 Å². The number of aryl methyl sites for hydroxylation is 2. The van der Waals surface area contributed by atoms with E-state index in [4.69, 9.17) is 4.74 Å². The summed E-state index contributed by atoms with van der Waals surface area (Å²) in [5, 5.41) is 4.45. The molecule has 4 rings (SSSR count). The lowest BCUT2D eigenvalue weighted by Crippen LogP contribution is -2.28. The molecule has 1 aromatic carbocycles. The number of benzene rings is 1. The zero-order chi connectivity index (χ0) is 19.2. The van der Waals surface area contributed by atoms with Gasteiger partial charge < -0.3 is 9.64 Å². The minimum atomic E-state index is -3.41. The lowest BCUT2D eigenvalue weighted by Gasteiger charge is -2.21. The third kappa shape index (κ3) is 3.10. The largest absolute Gasteiger partial charge is 0.481 e. The van der Waals surface area contributed by atoms with Crippen LogP contribution in [0.3, 0.4) is 0 Å². The highest BCUT2D eigenvalue weighted by atomic mass is 32.2. The molecular weight excluding hydrogens is 364 g/mol. The number of methoxy groups -OCH3 is 1. The second-order valence-corrected chi connectivity index (χ2v) is 9.21. The minimum Gasteiger partial charge on any atom is -0.481 e. The summed E-state index contributed by atoms with van der Waals surface area (Å²) in [5.41, 5.74) is 4.17. The van der Waals surface area contributed by atoms with E-state index in [1.807, 2.05) is 26.1 Å². The van der Waals surface area contributed by atoms with Gasteiger partial charge in [0, 0.05) is 32.4 Å². The van der Waals surface area contributed by atoms with Crippen LogP contribution in [0.25, 0.3) is 0 Å². The summed E-state index contributed by atoms with van der Waals surface area (Å²) >= 11 is 0. The number of ether oxygens (including phenoxy) is 1. The van der Waals surface area contributed by atoms with Gasteiger partial charge in [-0.3, -0.25) is 0 Å². The molecule has 0 N–H and O–H groups in total. The van der Waals surface area contributed by atoms with Gasteiger partial charge in [0.2, 0.25) is 15.9 Å². The molecule has 0 spiro atoms. The minimum absolute atomic E-state index is 0.393. The van der Waals surface area contributed by atoms with Gasteiger partial charge in [-0.2, -0.15) is 9.40 Å². The number of sulfonamides is 1. The fourth-order valence-electron chi connectivity index (χ4n) is 4.14. The van der Waals surface area contributed by atoms with Crippen molar-refractivity contribution in [1.82, 2.24) is 14.1 Å². The molecule has 8 heteroatoms. The summed E-state index contributed by atoms with van der Waals surface area (Å²) in [7, 11) is 0.113. The predicted molar refractivity (Wildman–Crippen MR) is 104 cm³/mol. The van der Waals surface area contributed by atoms with E-state index in [-0.39, 0.29) is 0 Å². The van der Waals surface area contributed by atoms with Gasteiger partial charge in [0.25, 0.3) is 0 Å². The van der Waals surface area contributed by atoms with E-state index in [9.17, 15) is 8.42 Å². The Morgan fingerprint density at radius 2 is 1.93 bits per heavy atom. The molecule has 146 valence electrons. The smallest absolute Gasteiger partial charge is 0.243 e. The molecule has 0 saturated carbocycles. The summed E-state index contributed by atoms with van der Waals surface area (Å²) in [4.78, 5) is 2.62. The maximum Gasteiger partial charge on any atom is 0.243 e. The Balaban J connectivity index is 1.66. The molecule has 1 saturated heterocycles. The molecule has 1 aromatic heterocycles. The molecule has 0 unspecified atom stereocenters. The Morgan fingerprint density at radius 3 is 2.63 bits per heavy atom. The molecule has 0 amide bonds. The SMILES string of the molecule is COc1c(CN2CCc3ccc(S(=O)(=O)N4CCCC4)cc32)c(C)nn1C. The first-order valence-corrected chi connectivity index (χ1v) is 10.8. The maximum absolute atomic E-state index is 12.9. The van der Waals surface area contributed by atoms with Gasteiger partial charge in [-0.15, -0.1) is 0 Å². The zero-order valence-electron chi connectivity index (χ0n) is 16.1. The number of aromatic nitrogens is 2. The van der Waals surface area contributed by atoms with Crippen LogP contribution in [0.15, 0.2) is 23.1 Å². The van der Waals surface area contributed by atoms with Crippen molar-refractivity contribution < 1.29 is 13.2 Å². The van der Waals surface area contributed by atoms with Crippen LogP contribution in [0.2, 0.25) is 0 Å². The van der Waals surface area contributed by atoms with Crippen molar-refractivity contribution in [3.63, 3.8) is 0 Å². The molecule has 0 radical (unpaired) electrons. The summed E-state index contributed by atoms with van der Waals surface area (Å²) < 4.78 is 34.7. The molecule has 1 fully saturated rings. The standard InChI is InChI=1S/C19H26N4O3S/c1-14-17(19(26-3)21(2)20-14)13-22-11-8-15-6-7-16(12-18(15)22)27(24,25)23-9-4-5-10-23/h6-7,12H,4-5,8-11,13H2,1-3H3. The Morgan fingerprint density at radius 1 is 1.19 bits per heavy atom. The van der Waals surface area contributed by atoms with Crippen LogP contribution in [0.1, 0.15) is 29.7 Å². The van der Waals surface area contributed by atoms with Crippen molar-refractivity contribution in [3.8, 4) is 5.88 Å². The van der Waals surface area contributed by atoms with E-state index in [2.05, 4.69) is 10.00 Å². The molecule has 2 aliphatic rings. The number of rotatable bonds is 5. The van der Waals surface area contributed by atoms with E-state index >= 15 is 0 Å².